The molecule has 2 aromatic rings. The fourth-order valence-corrected chi connectivity index (χ4v) is 7.03. The van der Waals surface area contributed by atoms with Gasteiger partial charge in [0.15, 0.2) is 0 Å². The van der Waals surface area contributed by atoms with E-state index in [1.54, 1.807) is 0 Å². The molecule has 30 heavy (non-hydrogen) atoms. The molecule has 0 unspecified atom stereocenters. The standard InChI is InChI=1S/C22H28N6S2/c1-9-23-21-25(11-1)13-3-15-27(21)19-7-5-17(29-19)18-6-8-20(30-18)28-16-4-14-26-12-2-10-24-22(26)28/h5-8H,1-4,9-16H2. The van der Waals surface area contributed by atoms with Crippen molar-refractivity contribution in [3.05, 3.63) is 24.3 Å². The van der Waals surface area contributed by atoms with Crippen LogP contribution in [0.1, 0.15) is 25.7 Å². The fourth-order valence-electron chi connectivity index (χ4n) is 4.88. The molecule has 6 heterocycles. The molecule has 0 N–H and O–H groups in total. The maximum absolute atomic E-state index is 4.85. The van der Waals surface area contributed by atoms with Gasteiger partial charge in [-0.3, -0.25) is 9.98 Å². The van der Waals surface area contributed by atoms with Crippen LogP contribution in [0.3, 0.4) is 0 Å². The fraction of sp³-hybridized carbons (Fsp3) is 0.545. The van der Waals surface area contributed by atoms with Gasteiger partial charge < -0.3 is 19.6 Å². The molecule has 8 heteroatoms. The van der Waals surface area contributed by atoms with Crippen LogP contribution < -0.4 is 9.80 Å². The van der Waals surface area contributed by atoms with Crippen LogP contribution in [0.2, 0.25) is 0 Å². The molecule has 0 aliphatic carbocycles. The zero-order valence-electron chi connectivity index (χ0n) is 17.3. The minimum Gasteiger partial charge on any atom is -0.342 e. The first kappa shape index (κ1) is 18.7. The SMILES string of the molecule is c1cc(N2CCCN3CCCN=C32)sc1-c1ccc(N2CCCN3CCCN=C32)s1. The highest BCUT2D eigenvalue weighted by Gasteiger charge is 2.29. The number of hydrogen-bond acceptors (Lipinski definition) is 8. The third kappa shape index (κ3) is 3.30. The van der Waals surface area contributed by atoms with Crippen molar-refractivity contribution in [2.45, 2.75) is 25.7 Å². The van der Waals surface area contributed by atoms with Gasteiger partial charge >= 0.3 is 0 Å². The van der Waals surface area contributed by atoms with Crippen LogP contribution >= 0.6 is 22.7 Å². The largest absolute Gasteiger partial charge is 0.342 e. The molecule has 4 aliphatic rings. The van der Waals surface area contributed by atoms with E-state index in [4.69, 9.17) is 9.98 Å². The second-order valence-electron chi connectivity index (χ2n) is 8.33. The summed E-state index contributed by atoms with van der Waals surface area (Å²) < 4.78 is 0. The highest BCUT2D eigenvalue weighted by Crippen LogP contribution is 2.41. The van der Waals surface area contributed by atoms with E-state index in [9.17, 15) is 0 Å². The summed E-state index contributed by atoms with van der Waals surface area (Å²) >= 11 is 3.80. The molecule has 6 nitrogen and oxygen atoms in total. The number of hydrogen-bond donors (Lipinski definition) is 0. The number of anilines is 2. The van der Waals surface area contributed by atoms with Crippen LogP contribution in [0, 0.1) is 0 Å². The molecule has 0 aromatic carbocycles. The van der Waals surface area contributed by atoms with Gasteiger partial charge in [-0.25, -0.2) is 0 Å². The van der Waals surface area contributed by atoms with E-state index in [0.717, 1.165) is 52.4 Å². The van der Waals surface area contributed by atoms with Crippen molar-refractivity contribution in [3.63, 3.8) is 0 Å². The van der Waals surface area contributed by atoms with Gasteiger partial charge in [-0.2, -0.15) is 0 Å². The lowest BCUT2D eigenvalue weighted by molar-refractivity contribution is 0.360. The number of thiophene rings is 2. The van der Waals surface area contributed by atoms with Gasteiger partial charge in [0.2, 0.25) is 11.9 Å². The minimum absolute atomic E-state index is 0.964. The molecular formula is C22H28N6S2. The van der Waals surface area contributed by atoms with Gasteiger partial charge in [-0.15, -0.1) is 22.7 Å². The molecular weight excluding hydrogens is 412 g/mol. The Kier molecular flexibility index (Phi) is 4.91. The summed E-state index contributed by atoms with van der Waals surface area (Å²) in [6.07, 6.45) is 4.79. The molecule has 2 fully saturated rings. The maximum atomic E-state index is 4.85. The van der Waals surface area contributed by atoms with E-state index >= 15 is 0 Å². The van der Waals surface area contributed by atoms with Gasteiger partial charge in [0.1, 0.15) is 0 Å². The predicted octanol–water partition coefficient (Wildman–Crippen LogP) is 4.02. The predicted molar refractivity (Wildman–Crippen MR) is 129 cm³/mol. The first-order chi connectivity index (χ1) is 14.9. The molecule has 158 valence electrons. The number of fused-ring (bicyclic) bond motifs is 2. The summed E-state index contributed by atoms with van der Waals surface area (Å²) in [6, 6.07) is 9.15. The average Bonchev–Trinajstić information content (AvgIpc) is 3.48. The monoisotopic (exact) mass is 440 g/mol. The third-order valence-corrected chi connectivity index (χ3v) is 8.72. The third-order valence-electron chi connectivity index (χ3n) is 6.31. The number of guanidine groups is 2. The Morgan fingerprint density at radius 1 is 0.567 bits per heavy atom. The molecule has 2 saturated heterocycles. The van der Waals surface area contributed by atoms with E-state index in [2.05, 4.69) is 43.9 Å². The summed E-state index contributed by atoms with van der Waals surface area (Å²) in [7, 11) is 0. The Bertz CT molecular complexity index is 898. The highest BCUT2D eigenvalue weighted by molar-refractivity contribution is 7.26. The average molecular weight is 441 g/mol. The van der Waals surface area contributed by atoms with Crippen LogP contribution in [0.5, 0.6) is 0 Å². The molecule has 4 aliphatic heterocycles. The summed E-state index contributed by atoms with van der Waals surface area (Å²) in [6.45, 7) is 8.69. The van der Waals surface area contributed by atoms with Gasteiger partial charge in [-0.05, 0) is 49.9 Å². The smallest absolute Gasteiger partial charge is 0.201 e. The Balaban J connectivity index is 1.25. The molecule has 0 spiro atoms. The molecule has 6 rings (SSSR count). The molecule has 2 aromatic heterocycles. The van der Waals surface area contributed by atoms with E-state index in [1.807, 2.05) is 22.7 Å². The molecule has 0 radical (unpaired) electrons. The van der Waals surface area contributed by atoms with Crippen LogP contribution in [-0.2, 0) is 0 Å². The second kappa shape index (κ2) is 7.89. The van der Waals surface area contributed by atoms with Crippen molar-refractivity contribution in [2.75, 3.05) is 62.2 Å². The first-order valence-electron chi connectivity index (χ1n) is 11.2. The lowest BCUT2D eigenvalue weighted by atomic mass is 10.2. The number of aliphatic imine (C=N–C) groups is 2. The lowest BCUT2D eigenvalue weighted by Gasteiger charge is -2.40. The van der Waals surface area contributed by atoms with Crippen LogP contribution in [0.15, 0.2) is 34.3 Å². The maximum Gasteiger partial charge on any atom is 0.201 e. The van der Waals surface area contributed by atoms with Crippen molar-refractivity contribution < 1.29 is 0 Å². The molecule has 0 bridgehead atoms. The number of nitrogens with zero attached hydrogens (tertiary/aromatic N) is 6. The normalized spacial score (nSPS) is 21.9. The Morgan fingerprint density at radius 2 is 1.03 bits per heavy atom. The van der Waals surface area contributed by atoms with Crippen LogP contribution in [0.25, 0.3) is 9.75 Å². The molecule has 0 atom stereocenters. The van der Waals surface area contributed by atoms with Gasteiger partial charge in [0, 0.05) is 62.1 Å². The molecule has 0 saturated carbocycles. The highest BCUT2D eigenvalue weighted by atomic mass is 32.1. The topological polar surface area (TPSA) is 37.7 Å². The summed E-state index contributed by atoms with van der Waals surface area (Å²) in [5.41, 5.74) is 0. The molecule has 0 amide bonds. The minimum atomic E-state index is 0.964. The Morgan fingerprint density at radius 3 is 1.53 bits per heavy atom. The van der Waals surface area contributed by atoms with Crippen LogP contribution in [-0.4, -0.2) is 74.1 Å². The van der Waals surface area contributed by atoms with Crippen LogP contribution in [0.4, 0.5) is 10.0 Å². The lowest BCUT2D eigenvalue weighted by Crippen LogP contribution is -2.52. The second-order valence-corrected chi connectivity index (χ2v) is 10.5. The van der Waals surface area contributed by atoms with E-state index in [0.29, 0.717) is 0 Å². The van der Waals surface area contributed by atoms with E-state index < -0.39 is 0 Å². The van der Waals surface area contributed by atoms with Crippen molar-refractivity contribution in [3.8, 4) is 9.75 Å². The van der Waals surface area contributed by atoms with Crippen molar-refractivity contribution in [2.24, 2.45) is 9.98 Å². The van der Waals surface area contributed by atoms with Crippen molar-refractivity contribution in [1.29, 1.82) is 0 Å². The Hall–Kier alpha value is -2.06. The number of rotatable bonds is 3. The zero-order chi connectivity index (χ0) is 19.9. The van der Waals surface area contributed by atoms with Crippen molar-refractivity contribution >= 4 is 44.6 Å². The Labute approximate surface area is 186 Å². The van der Waals surface area contributed by atoms with Gasteiger partial charge in [-0.1, -0.05) is 0 Å². The summed E-state index contributed by atoms with van der Waals surface area (Å²) in [5, 5.41) is 2.65. The summed E-state index contributed by atoms with van der Waals surface area (Å²) in [5.74, 6) is 2.38. The van der Waals surface area contributed by atoms with E-state index in [-0.39, 0.29) is 0 Å². The van der Waals surface area contributed by atoms with E-state index in [1.165, 1.54) is 57.4 Å². The van der Waals surface area contributed by atoms with Crippen molar-refractivity contribution in [1.82, 2.24) is 9.80 Å². The zero-order valence-corrected chi connectivity index (χ0v) is 18.9. The van der Waals surface area contributed by atoms with Gasteiger partial charge in [0.25, 0.3) is 0 Å². The quantitative estimate of drug-likeness (QED) is 0.723. The van der Waals surface area contributed by atoms with Gasteiger partial charge in [0.05, 0.1) is 10.0 Å². The first-order valence-corrected chi connectivity index (χ1v) is 12.8. The summed E-state index contributed by atoms with van der Waals surface area (Å²) in [4.78, 5) is 22.2.